The molecule has 1 saturated heterocycles. The minimum Gasteiger partial charge on any atom is -0.459 e. The zero-order chi connectivity index (χ0) is 22.7. The summed E-state index contributed by atoms with van der Waals surface area (Å²) in [6.45, 7) is 9.99. The van der Waals surface area contributed by atoms with Gasteiger partial charge in [-0.25, -0.2) is 9.78 Å². The second-order valence-corrected chi connectivity index (χ2v) is 8.09. The maximum absolute atomic E-state index is 12.3. The van der Waals surface area contributed by atoms with Crippen molar-refractivity contribution in [2.24, 2.45) is 0 Å². The molecule has 0 saturated carbocycles. The van der Waals surface area contributed by atoms with E-state index >= 15 is 0 Å². The number of benzene rings is 1. The molecule has 2 amide bonds. The van der Waals surface area contributed by atoms with Crippen molar-refractivity contribution in [3.8, 4) is 0 Å². The van der Waals surface area contributed by atoms with Gasteiger partial charge in [0.1, 0.15) is 5.82 Å². The van der Waals surface area contributed by atoms with Crippen molar-refractivity contribution in [3.63, 3.8) is 0 Å². The highest BCUT2D eigenvalue weighted by molar-refractivity contribution is 6.03. The molecule has 9 nitrogen and oxygen atoms in total. The number of imidazole rings is 1. The number of rotatable bonds is 6. The molecule has 1 fully saturated rings. The van der Waals surface area contributed by atoms with Crippen molar-refractivity contribution in [1.29, 1.82) is 0 Å². The molecule has 0 aliphatic carbocycles. The average molecular weight is 440 g/mol. The highest BCUT2D eigenvalue weighted by Gasteiger charge is 2.24. The molecule has 170 valence electrons. The molecule has 1 aliphatic rings. The summed E-state index contributed by atoms with van der Waals surface area (Å²) < 4.78 is 12.5. The summed E-state index contributed by atoms with van der Waals surface area (Å²) in [5.74, 6) is 0.937. The molecule has 1 aliphatic heterocycles. The number of amides is 2. The Labute approximate surface area is 186 Å². The van der Waals surface area contributed by atoms with Crippen LogP contribution in [0.4, 0.5) is 10.5 Å². The van der Waals surface area contributed by atoms with Gasteiger partial charge >= 0.3 is 6.09 Å². The van der Waals surface area contributed by atoms with Crippen molar-refractivity contribution < 1.29 is 18.7 Å². The maximum atomic E-state index is 12.3. The average Bonchev–Trinajstić information content (AvgIpc) is 3.42. The van der Waals surface area contributed by atoms with E-state index in [1.165, 1.54) is 6.26 Å². The molecule has 0 unspecified atom stereocenters. The van der Waals surface area contributed by atoms with Crippen LogP contribution in [-0.4, -0.2) is 64.1 Å². The third-order valence-electron chi connectivity index (χ3n) is 5.55. The number of hydrogen-bond acceptors (Lipinski definition) is 6. The highest BCUT2D eigenvalue weighted by atomic mass is 16.6. The predicted molar refractivity (Wildman–Crippen MR) is 121 cm³/mol. The van der Waals surface area contributed by atoms with Crippen LogP contribution in [0.25, 0.3) is 11.0 Å². The molecule has 2 aromatic heterocycles. The van der Waals surface area contributed by atoms with Crippen LogP contribution in [-0.2, 0) is 11.3 Å². The van der Waals surface area contributed by atoms with Gasteiger partial charge in [0.15, 0.2) is 5.76 Å². The van der Waals surface area contributed by atoms with Gasteiger partial charge in [-0.05, 0) is 51.1 Å². The van der Waals surface area contributed by atoms with Crippen molar-refractivity contribution in [2.75, 3.05) is 38.1 Å². The summed E-state index contributed by atoms with van der Waals surface area (Å²) in [6.07, 6.45) is 1.23. The molecule has 0 bridgehead atoms. The molecular weight excluding hydrogens is 410 g/mol. The second kappa shape index (κ2) is 9.44. The Hall–Kier alpha value is -3.33. The van der Waals surface area contributed by atoms with Gasteiger partial charge < -0.3 is 23.9 Å². The first kappa shape index (κ1) is 21.9. The Morgan fingerprint density at radius 1 is 1.19 bits per heavy atom. The fraction of sp³-hybridized carbons (Fsp3) is 0.435. The van der Waals surface area contributed by atoms with E-state index in [0.29, 0.717) is 31.9 Å². The third-order valence-corrected chi connectivity index (χ3v) is 5.55. The molecule has 4 rings (SSSR count). The molecule has 0 radical (unpaired) electrons. The lowest BCUT2D eigenvalue weighted by Gasteiger charge is -2.34. The second-order valence-electron chi connectivity index (χ2n) is 8.09. The first-order chi connectivity index (χ1) is 15.5. The third kappa shape index (κ3) is 4.62. The first-order valence-electron chi connectivity index (χ1n) is 11.0. The van der Waals surface area contributed by atoms with Gasteiger partial charge in [-0.2, -0.15) is 0 Å². The van der Waals surface area contributed by atoms with Crippen molar-refractivity contribution >= 4 is 28.7 Å². The van der Waals surface area contributed by atoms with Gasteiger partial charge in [-0.15, -0.1) is 0 Å². The van der Waals surface area contributed by atoms with Crippen LogP contribution in [0.15, 0.2) is 41.0 Å². The lowest BCUT2D eigenvalue weighted by molar-refractivity contribution is 0.0768. The summed E-state index contributed by atoms with van der Waals surface area (Å²) in [6, 6.07) is 9.30. The minimum atomic E-state index is -0.294. The monoisotopic (exact) mass is 439 g/mol. The maximum Gasteiger partial charge on any atom is 0.409 e. The number of aromatic nitrogens is 2. The SMILES string of the molecule is CCOC(=O)N1CCN(Cc2nc3cc(NC(=O)c4ccco4)ccc3n2C(C)C)CC1. The van der Waals surface area contributed by atoms with E-state index in [0.717, 1.165) is 29.9 Å². The molecule has 3 aromatic rings. The van der Waals surface area contributed by atoms with E-state index < -0.39 is 0 Å². The summed E-state index contributed by atoms with van der Waals surface area (Å²) in [4.78, 5) is 33.2. The summed E-state index contributed by atoms with van der Waals surface area (Å²) in [5, 5.41) is 2.86. The lowest BCUT2D eigenvalue weighted by atomic mass is 10.2. The van der Waals surface area contributed by atoms with Gasteiger partial charge in [-0.1, -0.05) is 0 Å². The minimum absolute atomic E-state index is 0.236. The zero-order valence-corrected chi connectivity index (χ0v) is 18.7. The zero-order valence-electron chi connectivity index (χ0n) is 18.7. The predicted octanol–water partition coefficient (Wildman–Crippen LogP) is 3.74. The number of hydrogen-bond donors (Lipinski definition) is 1. The number of fused-ring (bicyclic) bond motifs is 1. The molecule has 0 atom stereocenters. The Morgan fingerprint density at radius 3 is 2.62 bits per heavy atom. The van der Waals surface area contributed by atoms with Gasteiger partial charge in [0.2, 0.25) is 0 Å². The van der Waals surface area contributed by atoms with Crippen LogP contribution in [0, 0.1) is 0 Å². The van der Waals surface area contributed by atoms with E-state index in [-0.39, 0.29) is 23.8 Å². The number of nitrogens with zero attached hydrogens (tertiary/aromatic N) is 4. The molecular formula is C23H29N5O4. The number of furan rings is 1. The summed E-state index contributed by atoms with van der Waals surface area (Å²) >= 11 is 0. The number of carbonyl (C=O) groups is 2. The normalized spacial score (nSPS) is 14.8. The topological polar surface area (TPSA) is 92.8 Å². The van der Waals surface area contributed by atoms with E-state index in [9.17, 15) is 9.59 Å². The van der Waals surface area contributed by atoms with Crippen molar-refractivity contribution in [3.05, 3.63) is 48.2 Å². The van der Waals surface area contributed by atoms with Crippen LogP contribution < -0.4 is 5.32 Å². The van der Waals surface area contributed by atoms with Gasteiger partial charge in [0.05, 0.1) is 30.4 Å². The van der Waals surface area contributed by atoms with E-state index in [4.69, 9.17) is 14.1 Å². The van der Waals surface area contributed by atoms with Crippen LogP contribution in [0.5, 0.6) is 0 Å². The summed E-state index contributed by atoms with van der Waals surface area (Å²) in [5.41, 5.74) is 2.52. The van der Waals surface area contributed by atoms with Crippen LogP contribution >= 0.6 is 0 Å². The molecule has 0 spiro atoms. The Balaban J connectivity index is 1.49. The molecule has 1 N–H and O–H groups in total. The smallest absolute Gasteiger partial charge is 0.409 e. The lowest BCUT2D eigenvalue weighted by Crippen LogP contribution is -2.48. The number of anilines is 1. The van der Waals surface area contributed by atoms with Crippen LogP contribution in [0.1, 0.15) is 43.2 Å². The van der Waals surface area contributed by atoms with Crippen LogP contribution in [0.2, 0.25) is 0 Å². The number of ether oxygens (including phenoxy) is 1. The molecule has 32 heavy (non-hydrogen) atoms. The van der Waals surface area contributed by atoms with Crippen molar-refractivity contribution in [1.82, 2.24) is 19.4 Å². The van der Waals surface area contributed by atoms with E-state index in [2.05, 4.69) is 28.6 Å². The van der Waals surface area contributed by atoms with Gasteiger partial charge in [-0.3, -0.25) is 9.69 Å². The Bertz CT molecular complexity index is 1080. The van der Waals surface area contributed by atoms with Crippen molar-refractivity contribution in [2.45, 2.75) is 33.4 Å². The highest BCUT2D eigenvalue weighted by Crippen LogP contribution is 2.25. The standard InChI is InChI=1S/C23H29N5O4/c1-4-31-23(30)27-11-9-26(10-12-27)15-21-25-18-14-17(7-8-19(18)28(21)16(2)3)24-22(29)20-6-5-13-32-20/h5-8,13-14,16H,4,9-12,15H2,1-3H3,(H,24,29). The molecule has 1 aromatic carbocycles. The van der Waals surface area contributed by atoms with Gasteiger partial charge in [0, 0.05) is 37.9 Å². The number of piperazine rings is 1. The largest absolute Gasteiger partial charge is 0.459 e. The van der Waals surface area contributed by atoms with E-state index in [1.54, 1.807) is 17.0 Å². The Kier molecular flexibility index (Phi) is 6.45. The molecule has 3 heterocycles. The summed E-state index contributed by atoms with van der Waals surface area (Å²) in [7, 11) is 0. The Morgan fingerprint density at radius 2 is 1.97 bits per heavy atom. The number of carbonyl (C=O) groups excluding carboxylic acids is 2. The van der Waals surface area contributed by atoms with Crippen LogP contribution in [0.3, 0.4) is 0 Å². The first-order valence-corrected chi connectivity index (χ1v) is 11.0. The van der Waals surface area contributed by atoms with Gasteiger partial charge in [0.25, 0.3) is 5.91 Å². The molecule has 9 heteroatoms. The quantitative estimate of drug-likeness (QED) is 0.629. The van der Waals surface area contributed by atoms with E-state index in [1.807, 2.05) is 25.1 Å². The fourth-order valence-corrected chi connectivity index (χ4v) is 4.02. The fourth-order valence-electron chi connectivity index (χ4n) is 4.02. The number of nitrogens with one attached hydrogen (secondary N) is 1.